The van der Waals surface area contributed by atoms with Crippen LogP contribution in [0.15, 0.2) is 53.0 Å². The third-order valence-corrected chi connectivity index (χ3v) is 6.84. The molecule has 0 unspecified atom stereocenters. The number of anilines is 1. The van der Waals surface area contributed by atoms with Crippen LogP contribution in [0.2, 0.25) is 0 Å². The Hall–Kier alpha value is -2.47. The summed E-state index contributed by atoms with van der Waals surface area (Å²) >= 11 is 3.33. The van der Waals surface area contributed by atoms with E-state index in [1.165, 1.54) is 4.90 Å². The summed E-state index contributed by atoms with van der Waals surface area (Å²) in [5.74, 6) is 0.229. The average Bonchev–Trinajstić information content (AvgIpc) is 3.37. The Morgan fingerprint density at radius 1 is 0.893 bits per heavy atom. The fraction of sp³-hybridized carbons (Fsp3) is 0.318. The van der Waals surface area contributed by atoms with Crippen molar-refractivity contribution in [1.29, 1.82) is 0 Å². The Kier molecular flexibility index (Phi) is 4.12. The number of carbonyl (C=O) groups is 3. The van der Waals surface area contributed by atoms with E-state index in [9.17, 15) is 14.4 Å². The molecule has 3 fully saturated rings. The minimum absolute atomic E-state index is 0.0678. The predicted octanol–water partition coefficient (Wildman–Crippen LogP) is 4.20. The van der Waals surface area contributed by atoms with Crippen molar-refractivity contribution in [3.8, 4) is 5.75 Å². The van der Waals surface area contributed by atoms with Gasteiger partial charge in [-0.1, -0.05) is 15.9 Å². The van der Waals surface area contributed by atoms with Gasteiger partial charge in [0.05, 0.1) is 23.1 Å². The fourth-order valence-corrected chi connectivity index (χ4v) is 5.34. The van der Waals surface area contributed by atoms with E-state index in [1.807, 2.05) is 0 Å². The van der Waals surface area contributed by atoms with Crippen molar-refractivity contribution in [1.82, 2.24) is 0 Å². The van der Waals surface area contributed by atoms with Crippen molar-refractivity contribution in [3.05, 3.63) is 58.6 Å². The van der Waals surface area contributed by atoms with Crippen LogP contribution in [0.4, 0.5) is 5.69 Å². The first-order valence-electron chi connectivity index (χ1n) is 9.48. The first kappa shape index (κ1) is 17.6. The van der Waals surface area contributed by atoms with E-state index in [1.54, 1.807) is 48.5 Å². The van der Waals surface area contributed by atoms with Gasteiger partial charge in [0.1, 0.15) is 5.75 Å². The number of fused-ring (bicyclic) bond motifs is 5. The lowest BCUT2D eigenvalue weighted by Crippen LogP contribution is -2.32. The molecule has 5 nitrogen and oxygen atoms in total. The predicted molar refractivity (Wildman–Crippen MR) is 106 cm³/mol. The van der Waals surface area contributed by atoms with Crippen molar-refractivity contribution in [2.24, 2.45) is 23.7 Å². The van der Waals surface area contributed by atoms with E-state index >= 15 is 0 Å². The summed E-state index contributed by atoms with van der Waals surface area (Å²) in [6, 6.07) is 13.5. The Morgan fingerprint density at radius 3 is 2.04 bits per heavy atom. The first-order chi connectivity index (χ1) is 13.5. The molecule has 5 rings (SSSR count). The summed E-state index contributed by atoms with van der Waals surface area (Å²) in [5.41, 5.74) is 0.993. The van der Waals surface area contributed by atoms with Gasteiger partial charge in [-0.25, -0.2) is 4.79 Å². The molecule has 2 amide bonds. The standard InChI is InChI=1S/C22H18BrNO4/c23-15-5-3-12(4-6-15)22(27)28-17-9-7-16(8-10-17)24-20(25)18-13-1-2-14(11-13)19(18)21(24)26/h3-10,13-14,18-19H,1-2,11H2/t13-,14-,18-,19-/m0/s1. The van der Waals surface area contributed by atoms with Crippen LogP contribution in [0.25, 0.3) is 0 Å². The van der Waals surface area contributed by atoms with Crippen LogP contribution in [0.1, 0.15) is 29.6 Å². The highest BCUT2D eigenvalue weighted by Gasteiger charge is 2.61. The maximum Gasteiger partial charge on any atom is 0.343 e. The van der Waals surface area contributed by atoms with Crippen LogP contribution in [0, 0.1) is 23.7 Å². The molecule has 0 N–H and O–H groups in total. The van der Waals surface area contributed by atoms with Crippen LogP contribution in [-0.4, -0.2) is 17.8 Å². The Bertz CT molecular complexity index is 941. The molecule has 1 saturated heterocycles. The van der Waals surface area contributed by atoms with Crippen LogP contribution >= 0.6 is 15.9 Å². The highest BCUT2D eigenvalue weighted by atomic mass is 79.9. The van der Waals surface area contributed by atoms with E-state index < -0.39 is 5.97 Å². The lowest BCUT2D eigenvalue weighted by Gasteiger charge is -2.19. The highest BCUT2D eigenvalue weighted by molar-refractivity contribution is 9.10. The second-order valence-electron chi connectivity index (χ2n) is 7.79. The number of hydrogen-bond acceptors (Lipinski definition) is 4. The number of esters is 1. The number of nitrogens with zero attached hydrogens (tertiary/aromatic N) is 1. The third kappa shape index (κ3) is 2.70. The number of rotatable bonds is 3. The topological polar surface area (TPSA) is 63.7 Å². The van der Waals surface area contributed by atoms with E-state index in [4.69, 9.17) is 4.74 Å². The van der Waals surface area contributed by atoms with Gasteiger partial charge in [-0.15, -0.1) is 0 Å². The summed E-state index contributed by atoms with van der Waals surface area (Å²) in [6.45, 7) is 0. The Morgan fingerprint density at radius 2 is 1.46 bits per heavy atom. The molecule has 0 aromatic heterocycles. The van der Waals surface area contributed by atoms with Gasteiger partial charge in [-0.3, -0.25) is 14.5 Å². The molecule has 3 aliphatic rings. The van der Waals surface area contributed by atoms with Crippen molar-refractivity contribution >= 4 is 39.4 Å². The van der Waals surface area contributed by atoms with Gasteiger partial charge < -0.3 is 4.74 Å². The maximum absolute atomic E-state index is 12.9. The van der Waals surface area contributed by atoms with Gasteiger partial charge in [-0.05, 0) is 79.6 Å². The monoisotopic (exact) mass is 439 g/mol. The summed E-state index contributed by atoms with van der Waals surface area (Å²) in [6.07, 6.45) is 3.14. The van der Waals surface area contributed by atoms with Crippen molar-refractivity contribution < 1.29 is 19.1 Å². The molecule has 0 radical (unpaired) electrons. The minimum Gasteiger partial charge on any atom is -0.423 e. The van der Waals surface area contributed by atoms with Gasteiger partial charge in [0.25, 0.3) is 0 Å². The molecule has 2 aromatic carbocycles. The summed E-state index contributed by atoms with van der Waals surface area (Å²) in [7, 11) is 0. The molecule has 0 spiro atoms. The molecule has 142 valence electrons. The first-order valence-corrected chi connectivity index (χ1v) is 10.3. The second-order valence-corrected chi connectivity index (χ2v) is 8.70. The number of amides is 2. The molecular weight excluding hydrogens is 422 g/mol. The highest BCUT2D eigenvalue weighted by Crippen LogP contribution is 2.56. The zero-order valence-electron chi connectivity index (χ0n) is 15.0. The number of imide groups is 1. The molecule has 2 bridgehead atoms. The van der Waals surface area contributed by atoms with Crippen LogP contribution in [0.3, 0.4) is 0 Å². The number of halogens is 1. The summed E-state index contributed by atoms with van der Waals surface area (Å²) < 4.78 is 6.27. The molecule has 1 heterocycles. The normalized spacial score (nSPS) is 28.0. The van der Waals surface area contributed by atoms with Crippen molar-refractivity contribution in [2.75, 3.05) is 4.90 Å². The number of hydrogen-bond donors (Lipinski definition) is 0. The zero-order valence-corrected chi connectivity index (χ0v) is 16.6. The molecule has 2 saturated carbocycles. The van der Waals surface area contributed by atoms with Crippen LogP contribution in [0.5, 0.6) is 5.75 Å². The van der Waals surface area contributed by atoms with Crippen molar-refractivity contribution in [3.63, 3.8) is 0 Å². The van der Waals surface area contributed by atoms with Gasteiger partial charge in [0.2, 0.25) is 11.8 Å². The third-order valence-electron chi connectivity index (χ3n) is 6.31. The maximum atomic E-state index is 12.9. The average molecular weight is 440 g/mol. The summed E-state index contributed by atoms with van der Waals surface area (Å²) in [5, 5.41) is 0. The molecule has 1 aliphatic heterocycles. The van der Waals surface area contributed by atoms with E-state index in [2.05, 4.69) is 15.9 Å². The zero-order chi connectivity index (χ0) is 19.4. The number of carbonyl (C=O) groups excluding carboxylic acids is 3. The van der Waals surface area contributed by atoms with Gasteiger partial charge in [0.15, 0.2) is 0 Å². The SMILES string of the molecule is O=C(Oc1ccc(N2C(=O)[C@H]3[C@H]4CC[C@@H](C4)[C@@H]3C2=O)cc1)c1ccc(Br)cc1. The quantitative estimate of drug-likeness (QED) is 0.408. The Labute approximate surface area is 170 Å². The van der Waals surface area contributed by atoms with E-state index in [-0.39, 0.29) is 23.7 Å². The molecule has 2 aromatic rings. The smallest absolute Gasteiger partial charge is 0.343 e. The largest absolute Gasteiger partial charge is 0.423 e. The molecule has 2 aliphatic carbocycles. The second kappa shape index (κ2) is 6.55. The molecule has 28 heavy (non-hydrogen) atoms. The fourth-order valence-electron chi connectivity index (χ4n) is 5.08. The minimum atomic E-state index is -0.459. The van der Waals surface area contributed by atoms with Crippen LogP contribution in [-0.2, 0) is 9.59 Å². The van der Waals surface area contributed by atoms with Crippen LogP contribution < -0.4 is 9.64 Å². The van der Waals surface area contributed by atoms with Gasteiger partial charge in [-0.2, -0.15) is 0 Å². The number of benzene rings is 2. The van der Waals surface area contributed by atoms with E-state index in [0.29, 0.717) is 28.8 Å². The Balaban J connectivity index is 1.33. The molecular formula is C22H18BrNO4. The van der Waals surface area contributed by atoms with E-state index in [0.717, 1.165) is 23.7 Å². The molecule has 4 atom stereocenters. The molecule has 6 heteroatoms. The lowest BCUT2D eigenvalue weighted by molar-refractivity contribution is -0.123. The summed E-state index contributed by atoms with van der Waals surface area (Å²) in [4.78, 5) is 39.3. The van der Waals surface area contributed by atoms with Crippen molar-refractivity contribution in [2.45, 2.75) is 19.3 Å². The van der Waals surface area contributed by atoms with Gasteiger partial charge in [0, 0.05) is 4.47 Å². The van der Waals surface area contributed by atoms with Gasteiger partial charge >= 0.3 is 5.97 Å². The number of ether oxygens (including phenoxy) is 1. The lowest BCUT2D eigenvalue weighted by atomic mass is 9.81.